The van der Waals surface area contributed by atoms with E-state index >= 15 is 0 Å². The van der Waals surface area contributed by atoms with Gasteiger partial charge in [-0.25, -0.2) is 9.97 Å². The van der Waals surface area contributed by atoms with Gasteiger partial charge in [-0.15, -0.1) is 0 Å². The van der Waals surface area contributed by atoms with Crippen molar-refractivity contribution in [2.45, 2.75) is 6.42 Å². The molecule has 9 nitrogen and oxygen atoms in total. The molecule has 3 aromatic rings. The summed E-state index contributed by atoms with van der Waals surface area (Å²) in [6.45, 7) is 4.86. The largest absolute Gasteiger partial charge is 0.379 e. The van der Waals surface area contributed by atoms with E-state index in [1.807, 2.05) is 42.5 Å². The van der Waals surface area contributed by atoms with Crippen LogP contribution in [0.5, 0.6) is 0 Å². The predicted octanol–water partition coefficient (Wildman–Crippen LogP) is 3.42. The normalized spacial score (nSPS) is 14.5. The van der Waals surface area contributed by atoms with Crippen LogP contribution in [0.25, 0.3) is 10.8 Å². The molecule has 0 atom stereocenters. The summed E-state index contributed by atoms with van der Waals surface area (Å²) in [7, 11) is 0. The molecule has 1 aromatic heterocycles. The van der Waals surface area contributed by atoms with Crippen molar-refractivity contribution in [1.29, 1.82) is 0 Å². The number of aromatic nitrogens is 2. The smallest absolute Gasteiger partial charge is 0.353 e. The van der Waals surface area contributed by atoms with E-state index in [2.05, 4.69) is 25.5 Å². The van der Waals surface area contributed by atoms with Gasteiger partial charge in [0.05, 0.1) is 18.1 Å². The van der Waals surface area contributed by atoms with Gasteiger partial charge in [-0.3, -0.25) is 15.0 Å². The number of morpholine rings is 1. The third kappa shape index (κ3) is 4.64. The van der Waals surface area contributed by atoms with Gasteiger partial charge in [0.25, 0.3) is 0 Å². The summed E-state index contributed by atoms with van der Waals surface area (Å²) in [5.41, 5.74) is 0.602. The number of hydrogen-bond donors (Lipinski definition) is 2. The van der Waals surface area contributed by atoms with Crippen molar-refractivity contribution in [3.8, 4) is 0 Å². The molecule has 1 aliphatic rings. The van der Waals surface area contributed by atoms with Crippen molar-refractivity contribution >= 4 is 33.8 Å². The zero-order valence-corrected chi connectivity index (χ0v) is 16.6. The minimum atomic E-state index is -0.447. The third-order valence-electron chi connectivity index (χ3n) is 5.09. The van der Waals surface area contributed by atoms with Crippen LogP contribution in [0.4, 0.5) is 23.0 Å². The number of anilines is 3. The summed E-state index contributed by atoms with van der Waals surface area (Å²) in [6, 6.07) is 13.6. The highest BCUT2D eigenvalue weighted by Gasteiger charge is 2.23. The molecule has 0 saturated carbocycles. The van der Waals surface area contributed by atoms with Crippen molar-refractivity contribution in [3.63, 3.8) is 0 Å². The van der Waals surface area contributed by atoms with E-state index in [0.29, 0.717) is 6.54 Å². The topological polar surface area (TPSA) is 105 Å². The van der Waals surface area contributed by atoms with Gasteiger partial charge < -0.3 is 15.4 Å². The summed E-state index contributed by atoms with van der Waals surface area (Å²) in [6.07, 6.45) is 2.19. The second-order valence-corrected chi connectivity index (χ2v) is 7.06. The summed E-state index contributed by atoms with van der Waals surface area (Å²) >= 11 is 0. The van der Waals surface area contributed by atoms with E-state index in [1.54, 1.807) is 0 Å². The quantitative estimate of drug-likeness (QED) is 0.332. The van der Waals surface area contributed by atoms with Crippen LogP contribution in [-0.4, -0.2) is 59.2 Å². The average Bonchev–Trinajstić information content (AvgIpc) is 2.77. The maximum absolute atomic E-state index is 11.8. The number of nitrogens with one attached hydrogen (secondary N) is 2. The van der Waals surface area contributed by atoms with Gasteiger partial charge in [-0.1, -0.05) is 36.4 Å². The molecule has 2 heterocycles. The predicted molar refractivity (Wildman–Crippen MR) is 116 cm³/mol. The van der Waals surface area contributed by atoms with Crippen LogP contribution in [0.3, 0.4) is 0 Å². The second-order valence-electron chi connectivity index (χ2n) is 7.06. The van der Waals surface area contributed by atoms with E-state index in [9.17, 15) is 10.1 Å². The summed E-state index contributed by atoms with van der Waals surface area (Å²) in [5.74, 6) is 0.391. The van der Waals surface area contributed by atoms with Crippen LogP contribution in [0.2, 0.25) is 0 Å². The molecule has 0 radical (unpaired) electrons. The van der Waals surface area contributed by atoms with Crippen LogP contribution < -0.4 is 10.6 Å². The standard InChI is InChI=1S/C21H24N6O3/c28-27(29)19-20(22-9-4-10-26-11-13-30-14-12-26)23-15-24-21(19)25-18-8-3-6-16-5-1-2-7-17(16)18/h1-3,5-8,15H,4,9-14H2,(H2,22,23,24,25). The number of hydrogen-bond acceptors (Lipinski definition) is 8. The molecular formula is C21H24N6O3. The van der Waals surface area contributed by atoms with Crippen LogP contribution in [0, 0.1) is 10.1 Å². The molecular weight excluding hydrogens is 384 g/mol. The van der Waals surface area contributed by atoms with Gasteiger partial charge in [0.15, 0.2) is 0 Å². The lowest BCUT2D eigenvalue weighted by atomic mass is 10.1. The van der Waals surface area contributed by atoms with E-state index in [0.717, 1.165) is 55.7 Å². The van der Waals surface area contributed by atoms with Crippen LogP contribution in [-0.2, 0) is 4.74 Å². The second kappa shape index (κ2) is 9.47. The highest BCUT2D eigenvalue weighted by Crippen LogP contribution is 2.33. The first-order chi connectivity index (χ1) is 14.7. The Bertz CT molecular complexity index is 1020. The molecule has 156 valence electrons. The first kappa shape index (κ1) is 20.0. The Hall–Kier alpha value is -3.30. The average molecular weight is 408 g/mol. The van der Waals surface area contributed by atoms with Crippen molar-refractivity contribution < 1.29 is 9.66 Å². The van der Waals surface area contributed by atoms with E-state index < -0.39 is 4.92 Å². The van der Waals surface area contributed by atoms with E-state index in [4.69, 9.17) is 4.74 Å². The number of ether oxygens (including phenoxy) is 1. The molecule has 0 unspecified atom stereocenters. The molecule has 2 N–H and O–H groups in total. The Morgan fingerprint density at radius 2 is 1.83 bits per heavy atom. The lowest BCUT2D eigenvalue weighted by Crippen LogP contribution is -2.37. The molecule has 9 heteroatoms. The highest BCUT2D eigenvalue weighted by atomic mass is 16.6. The van der Waals surface area contributed by atoms with Crippen LogP contribution >= 0.6 is 0 Å². The fourth-order valence-corrected chi connectivity index (χ4v) is 3.57. The number of fused-ring (bicyclic) bond motifs is 1. The van der Waals surface area contributed by atoms with Crippen molar-refractivity contribution in [2.24, 2.45) is 0 Å². The van der Waals surface area contributed by atoms with Gasteiger partial charge in [0, 0.05) is 30.7 Å². The summed E-state index contributed by atoms with van der Waals surface area (Å²) in [4.78, 5) is 21.9. The SMILES string of the molecule is O=[N+]([O-])c1c(NCCCN2CCOCC2)ncnc1Nc1cccc2ccccc12. The molecule has 4 rings (SSSR count). The molecule has 0 amide bonds. The Labute approximate surface area is 174 Å². The third-order valence-corrected chi connectivity index (χ3v) is 5.09. The van der Waals surface area contributed by atoms with E-state index in [1.165, 1.54) is 6.33 Å². The fraction of sp³-hybridized carbons (Fsp3) is 0.333. The highest BCUT2D eigenvalue weighted by molar-refractivity contribution is 5.96. The van der Waals surface area contributed by atoms with Gasteiger partial charge in [-0.05, 0) is 24.4 Å². The van der Waals surface area contributed by atoms with Crippen molar-refractivity contribution in [2.75, 3.05) is 50.0 Å². The number of rotatable bonds is 8. The molecule has 30 heavy (non-hydrogen) atoms. The molecule has 1 fully saturated rings. The molecule has 0 spiro atoms. The van der Waals surface area contributed by atoms with Crippen molar-refractivity contribution in [3.05, 3.63) is 58.9 Å². The fourth-order valence-electron chi connectivity index (χ4n) is 3.57. The summed E-state index contributed by atoms with van der Waals surface area (Å²) < 4.78 is 5.35. The Kier molecular flexibility index (Phi) is 6.31. The van der Waals surface area contributed by atoms with Gasteiger partial charge in [0.2, 0.25) is 11.6 Å². The molecule has 1 saturated heterocycles. The monoisotopic (exact) mass is 408 g/mol. The molecule has 0 aliphatic carbocycles. The molecule has 2 aromatic carbocycles. The first-order valence-corrected chi connectivity index (χ1v) is 10.0. The van der Waals surface area contributed by atoms with E-state index in [-0.39, 0.29) is 17.3 Å². The van der Waals surface area contributed by atoms with Crippen LogP contribution in [0.15, 0.2) is 48.8 Å². The maximum Gasteiger partial charge on any atom is 0.353 e. The molecule has 1 aliphatic heterocycles. The first-order valence-electron chi connectivity index (χ1n) is 10.0. The lowest BCUT2D eigenvalue weighted by molar-refractivity contribution is -0.383. The van der Waals surface area contributed by atoms with Gasteiger partial charge >= 0.3 is 5.69 Å². The Morgan fingerprint density at radius 1 is 1.07 bits per heavy atom. The number of nitrogens with zero attached hydrogens (tertiary/aromatic N) is 4. The Balaban J connectivity index is 1.49. The summed E-state index contributed by atoms with van der Waals surface area (Å²) in [5, 5.41) is 20.0. The van der Waals surface area contributed by atoms with Crippen molar-refractivity contribution in [1.82, 2.24) is 14.9 Å². The van der Waals surface area contributed by atoms with Gasteiger partial charge in [-0.2, -0.15) is 0 Å². The van der Waals surface area contributed by atoms with Crippen LogP contribution in [0.1, 0.15) is 6.42 Å². The lowest BCUT2D eigenvalue weighted by Gasteiger charge is -2.26. The zero-order chi connectivity index (χ0) is 20.8. The molecule has 0 bridgehead atoms. The van der Waals surface area contributed by atoms with Gasteiger partial charge in [0.1, 0.15) is 6.33 Å². The Morgan fingerprint density at radius 3 is 2.67 bits per heavy atom. The number of benzene rings is 2. The number of nitro groups is 1. The maximum atomic E-state index is 11.8. The minimum absolute atomic E-state index is 0.156. The zero-order valence-electron chi connectivity index (χ0n) is 16.6. The minimum Gasteiger partial charge on any atom is -0.379 e.